The van der Waals surface area contributed by atoms with E-state index in [1.54, 1.807) is 36.9 Å². The van der Waals surface area contributed by atoms with Gasteiger partial charge in [0.2, 0.25) is 0 Å². The summed E-state index contributed by atoms with van der Waals surface area (Å²) in [5.41, 5.74) is 5.93. The van der Waals surface area contributed by atoms with Gasteiger partial charge in [-0.05, 0) is 26.0 Å². The molecule has 1 heterocycles. The van der Waals surface area contributed by atoms with Gasteiger partial charge in [-0.3, -0.25) is 9.69 Å². The number of nitrogens with two attached hydrogens (primary N) is 1. The number of aliphatic hydroxyl groups is 1. The van der Waals surface area contributed by atoms with E-state index >= 15 is 0 Å². The van der Waals surface area contributed by atoms with E-state index < -0.39 is 5.60 Å². The molecular weight excluding hydrogens is 290 g/mol. The van der Waals surface area contributed by atoms with Crippen molar-refractivity contribution in [1.82, 2.24) is 9.80 Å². The van der Waals surface area contributed by atoms with Gasteiger partial charge in [-0.1, -0.05) is 17.7 Å². The number of halogens is 1. The van der Waals surface area contributed by atoms with Crippen molar-refractivity contribution in [2.24, 2.45) is 0 Å². The van der Waals surface area contributed by atoms with Gasteiger partial charge in [-0.15, -0.1) is 0 Å². The fourth-order valence-corrected chi connectivity index (χ4v) is 2.84. The van der Waals surface area contributed by atoms with Crippen molar-refractivity contribution in [3.8, 4) is 0 Å². The van der Waals surface area contributed by atoms with Crippen LogP contribution in [0.3, 0.4) is 0 Å². The van der Waals surface area contributed by atoms with Crippen LogP contribution < -0.4 is 5.73 Å². The van der Waals surface area contributed by atoms with Crippen LogP contribution in [0.15, 0.2) is 18.2 Å². The molecule has 0 aromatic heterocycles. The van der Waals surface area contributed by atoms with Gasteiger partial charge in [0.1, 0.15) is 0 Å². The number of β-amino-alcohol motifs (C(OH)–C–C–N with tert-alkyl or cyclic N) is 1. The average Bonchev–Trinajstić information content (AvgIpc) is 2.37. The summed E-state index contributed by atoms with van der Waals surface area (Å²) in [6.07, 6.45) is 0. The summed E-state index contributed by atoms with van der Waals surface area (Å²) >= 11 is 6.09. The molecule has 1 saturated heterocycles. The minimum absolute atomic E-state index is 0.124. The number of anilines is 1. The average molecular weight is 312 g/mol. The smallest absolute Gasteiger partial charge is 0.257 e. The van der Waals surface area contributed by atoms with Crippen molar-refractivity contribution in [2.75, 3.05) is 38.5 Å². The molecule has 1 aromatic rings. The van der Waals surface area contributed by atoms with Crippen LogP contribution >= 0.6 is 11.6 Å². The molecule has 1 aliphatic heterocycles. The highest BCUT2D eigenvalue weighted by Crippen LogP contribution is 2.24. The number of amides is 1. The van der Waals surface area contributed by atoms with Crippen molar-refractivity contribution in [2.45, 2.75) is 19.4 Å². The first-order valence-electron chi connectivity index (χ1n) is 7.06. The van der Waals surface area contributed by atoms with E-state index in [1.807, 2.05) is 0 Å². The quantitative estimate of drug-likeness (QED) is 0.829. The van der Waals surface area contributed by atoms with Crippen molar-refractivity contribution >= 4 is 23.2 Å². The molecule has 2 rings (SSSR count). The molecule has 0 spiro atoms. The predicted molar refractivity (Wildman–Crippen MR) is 84.5 cm³/mol. The summed E-state index contributed by atoms with van der Waals surface area (Å²) in [7, 11) is 0. The third kappa shape index (κ3) is 4.09. The van der Waals surface area contributed by atoms with E-state index in [0.717, 1.165) is 13.1 Å². The lowest BCUT2D eigenvalue weighted by Gasteiger charge is -2.37. The largest absolute Gasteiger partial charge is 0.398 e. The van der Waals surface area contributed by atoms with E-state index in [-0.39, 0.29) is 5.91 Å². The molecule has 21 heavy (non-hydrogen) atoms. The Labute approximate surface area is 130 Å². The molecule has 0 bridgehead atoms. The Hall–Kier alpha value is -1.30. The number of carbonyl (C=O) groups excluding carboxylic acids is 1. The van der Waals surface area contributed by atoms with E-state index in [9.17, 15) is 9.90 Å². The minimum Gasteiger partial charge on any atom is -0.398 e. The molecule has 1 aliphatic rings. The summed E-state index contributed by atoms with van der Waals surface area (Å²) < 4.78 is 0. The van der Waals surface area contributed by atoms with Crippen LogP contribution in [0.2, 0.25) is 5.02 Å². The molecule has 0 saturated carbocycles. The highest BCUT2D eigenvalue weighted by Gasteiger charge is 2.27. The second-order valence-corrected chi connectivity index (χ2v) is 6.49. The van der Waals surface area contributed by atoms with Gasteiger partial charge in [0.25, 0.3) is 5.91 Å². The van der Waals surface area contributed by atoms with Gasteiger partial charge in [0.05, 0.1) is 16.2 Å². The van der Waals surface area contributed by atoms with Crippen molar-refractivity contribution in [3.63, 3.8) is 0 Å². The summed E-state index contributed by atoms with van der Waals surface area (Å²) in [6, 6.07) is 5.09. The summed E-state index contributed by atoms with van der Waals surface area (Å²) in [6.45, 7) is 6.87. The maximum Gasteiger partial charge on any atom is 0.257 e. The molecule has 6 heteroatoms. The Morgan fingerprint density at radius 3 is 2.48 bits per heavy atom. The van der Waals surface area contributed by atoms with Crippen molar-refractivity contribution in [1.29, 1.82) is 0 Å². The second-order valence-electron chi connectivity index (χ2n) is 6.08. The molecule has 5 nitrogen and oxygen atoms in total. The predicted octanol–water partition coefficient (Wildman–Crippen LogP) is 1.45. The van der Waals surface area contributed by atoms with Crippen LogP contribution in [0.25, 0.3) is 0 Å². The Morgan fingerprint density at radius 2 is 1.95 bits per heavy atom. The van der Waals surface area contributed by atoms with Gasteiger partial charge < -0.3 is 15.7 Å². The van der Waals surface area contributed by atoms with Crippen LogP contribution in [-0.2, 0) is 0 Å². The lowest BCUT2D eigenvalue weighted by molar-refractivity contribution is 0.0179. The zero-order valence-corrected chi connectivity index (χ0v) is 13.2. The van der Waals surface area contributed by atoms with Crippen molar-refractivity contribution in [3.05, 3.63) is 28.8 Å². The van der Waals surface area contributed by atoms with Gasteiger partial charge in [-0.25, -0.2) is 0 Å². The van der Waals surface area contributed by atoms with E-state index in [2.05, 4.69) is 4.90 Å². The molecule has 0 unspecified atom stereocenters. The molecule has 116 valence electrons. The van der Waals surface area contributed by atoms with Gasteiger partial charge in [0, 0.05) is 38.4 Å². The molecule has 0 atom stereocenters. The lowest BCUT2D eigenvalue weighted by atomic mass is 10.1. The summed E-state index contributed by atoms with van der Waals surface area (Å²) in [5.74, 6) is -0.124. The molecule has 1 amide bonds. The van der Waals surface area contributed by atoms with Crippen LogP contribution in [0.5, 0.6) is 0 Å². The maximum absolute atomic E-state index is 12.5. The van der Waals surface area contributed by atoms with E-state index in [0.29, 0.717) is 35.9 Å². The standard InChI is InChI=1S/C15H22ClN3O2/c1-15(2,21)10-18-6-8-19(9-7-18)14(20)13-11(16)4-3-5-12(13)17/h3-5,21H,6-10,17H2,1-2H3. The number of hydrogen-bond donors (Lipinski definition) is 2. The normalized spacial score (nSPS) is 17.0. The van der Waals surface area contributed by atoms with Gasteiger partial charge in [0.15, 0.2) is 0 Å². The molecular formula is C15H22ClN3O2. The maximum atomic E-state index is 12.5. The van der Waals surface area contributed by atoms with Gasteiger partial charge in [-0.2, -0.15) is 0 Å². The first-order chi connectivity index (χ1) is 9.78. The Bertz CT molecular complexity index is 500. The number of benzene rings is 1. The monoisotopic (exact) mass is 311 g/mol. The zero-order valence-electron chi connectivity index (χ0n) is 12.5. The summed E-state index contributed by atoms with van der Waals surface area (Å²) in [5, 5.41) is 10.2. The highest BCUT2D eigenvalue weighted by atomic mass is 35.5. The number of rotatable bonds is 3. The SMILES string of the molecule is CC(C)(O)CN1CCN(C(=O)c2c(N)cccc2Cl)CC1. The zero-order chi connectivity index (χ0) is 15.6. The van der Waals surface area contributed by atoms with Crippen LogP contribution in [0.4, 0.5) is 5.69 Å². The van der Waals surface area contributed by atoms with Crippen LogP contribution in [0.1, 0.15) is 24.2 Å². The summed E-state index contributed by atoms with van der Waals surface area (Å²) in [4.78, 5) is 16.4. The topological polar surface area (TPSA) is 69.8 Å². The van der Waals surface area contributed by atoms with Crippen LogP contribution in [-0.4, -0.2) is 59.1 Å². The molecule has 3 N–H and O–H groups in total. The number of nitrogen functional groups attached to an aromatic ring is 1. The minimum atomic E-state index is -0.723. The fraction of sp³-hybridized carbons (Fsp3) is 0.533. The first-order valence-corrected chi connectivity index (χ1v) is 7.44. The fourth-order valence-electron chi connectivity index (χ4n) is 2.58. The van der Waals surface area contributed by atoms with E-state index in [4.69, 9.17) is 17.3 Å². The Balaban J connectivity index is 2.01. The first kappa shape index (κ1) is 16.1. The lowest BCUT2D eigenvalue weighted by Crippen LogP contribution is -2.52. The Morgan fingerprint density at radius 1 is 1.33 bits per heavy atom. The molecule has 0 aliphatic carbocycles. The number of carbonyl (C=O) groups is 1. The molecule has 1 fully saturated rings. The molecule has 0 radical (unpaired) electrons. The number of hydrogen-bond acceptors (Lipinski definition) is 4. The third-order valence-corrected chi connectivity index (χ3v) is 3.84. The highest BCUT2D eigenvalue weighted by molar-refractivity contribution is 6.34. The van der Waals surface area contributed by atoms with Crippen LogP contribution in [0, 0.1) is 0 Å². The second kappa shape index (κ2) is 6.22. The molecule has 1 aromatic carbocycles. The number of piperazine rings is 1. The number of nitrogens with zero attached hydrogens (tertiary/aromatic N) is 2. The van der Waals surface area contributed by atoms with E-state index in [1.165, 1.54) is 0 Å². The third-order valence-electron chi connectivity index (χ3n) is 3.53. The van der Waals surface area contributed by atoms with Crippen molar-refractivity contribution < 1.29 is 9.90 Å². The Kier molecular flexibility index (Phi) is 4.76. The van der Waals surface area contributed by atoms with Gasteiger partial charge >= 0.3 is 0 Å².